The third-order valence-electron chi connectivity index (χ3n) is 4.45. The van der Waals surface area contributed by atoms with Crippen LogP contribution in [0.1, 0.15) is 16.7 Å². The average molecular weight is 297 g/mol. The first-order chi connectivity index (χ1) is 11.2. The molecule has 0 fully saturated rings. The molecule has 0 atom stereocenters. The van der Waals surface area contributed by atoms with E-state index in [0.29, 0.717) is 0 Å². The molecule has 0 unspecified atom stereocenters. The number of rotatable bonds is 2. The molecule has 0 spiro atoms. The number of hydrogen-bond acceptors (Lipinski definition) is 0. The second-order valence-corrected chi connectivity index (χ2v) is 6.10. The van der Waals surface area contributed by atoms with Crippen LogP contribution in [-0.2, 0) is 7.05 Å². The summed E-state index contributed by atoms with van der Waals surface area (Å²) < 4.78 is 2.26. The first-order valence-electron chi connectivity index (χ1n) is 7.94. The van der Waals surface area contributed by atoms with Crippen molar-refractivity contribution in [2.75, 3.05) is 0 Å². The van der Waals surface area contributed by atoms with Crippen LogP contribution in [0, 0.1) is 6.92 Å². The minimum absolute atomic E-state index is 1.23. The molecule has 4 aromatic rings. The van der Waals surface area contributed by atoms with Gasteiger partial charge in [-0.3, -0.25) is 0 Å². The van der Waals surface area contributed by atoms with Crippen molar-refractivity contribution in [2.45, 2.75) is 6.92 Å². The summed E-state index contributed by atoms with van der Waals surface area (Å²) in [5, 5.41) is 2.63. The molecule has 0 saturated carbocycles. The maximum Gasteiger partial charge on any atom is 0.0489 e. The van der Waals surface area contributed by atoms with Crippen LogP contribution >= 0.6 is 0 Å². The predicted octanol–water partition coefficient (Wildman–Crippen LogP) is 5.81. The van der Waals surface area contributed by atoms with Crippen molar-refractivity contribution in [3.8, 4) is 0 Å². The Bertz CT molecular complexity index is 1030. The number of aryl methyl sites for hydroxylation is 2. The average Bonchev–Trinajstić information content (AvgIpc) is 2.86. The zero-order valence-corrected chi connectivity index (χ0v) is 13.5. The summed E-state index contributed by atoms with van der Waals surface area (Å²) in [7, 11) is 2.13. The molecule has 0 aliphatic heterocycles. The van der Waals surface area contributed by atoms with Crippen molar-refractivity contribution < 1.29 is 0 Å². The maximum absolute atomic E-state index is 2.28. The number of aromatic nitrogens is 1. The molecular formula is C22H19N. The fourth-order valence-electron chi connectivity index (χ4n) is 3.26. The second-order valence-electron chi connectivity index (χ2n) is 6.10. The molecule has 0 radical (unpaired) electrons. The zero-order valence-electron chi connectivity index (χ0n) is 13.5. The highest BCUT2D eigenvalue weighted by molar-refractivity contribution is 6.08. The topological polar surface area (TPSA) is 4.93 Å². The van der Waals surface area contributed by atoms with E-state index in [1.165, 1.54) is 38.5 Å². The molecule has 0 amide bonds. The van der Waals surface area contributed by atoms with Gasteiger partial charge in [-0.15, -0.1) is 0 Å². The highest BCUT2D eigenvalue weighted by Crippen LogP contribution is 2.29. The zero-order chi connectivity index (χ0) is 15.8. The van der Waals surface area contributed by atoms with Crippen LogP contribution in [0.25, 0.3) is 34.0 Å². The molecule has 0 aliphatic carbocycles. The Morgan fingerprint density at radius 1 is 0.696 bits per heavy atom. The normalized spacial score (nSPS) is 11.7. The van der Waals surface area contributed by atoms with Gasteiger partial charge < -0.3 is 4.57 Å². The number of benzene rings is 3. The van der Waals surface area contributed by atoms with E-state index in [9.17, 15) is 0 Å². The summed E-state index contributed by atoms with van der Waals surface area (Å²) >= 11 is 0. The molecule has 4 rings (SSSR count). The molecule has 0 aliphatic rings. The standard InChI is InChI=1S/C22H19N/c1-16-6-5-7-17(14-16)10-11-18-12-13-22-20(15-18)19-8-3-4-9-21(19)23(22)2/h3-15H,1-2H3. The quantitative estimate of drug-likeness (QED) is 0.411. The monoisotopic (exact) mass is 297 g/mol. The molecule has 1 heteroatoms. The van der Waals surface area contributed by atoms with Crippen molar-refractivity contribution in [1.29, 1.82) is 0 Å². The van der Waals surface area contributed by atoms with E-state index in [1.807, 2.05) is 0 Å². The van der Waals surface area contributed by atoms with E-state index in [0.717, 1.165) is 0 Å². The summed E-state index contributed by atoms with van der Waals surface area (Å²) in [4.78, 5) is 0. The van der Waals surface area contributed by atoms with Gasteiger partial charge >= 0.3 is 0 Å². The number of fused-ring (bicyclic) bond motifs is 3. The minimum atomic E-state index is 1.23. The van der Waals surface area contributed by atoms with Gasteiger partial charge in [-0.1, -0.05) is 66.2 Å². The van der Waals surface area contributed by atoms with Gasteiger partial charge in [0, 0.05) is 28.9 Å². The van der Waals surface area contributed by atoms with Gasteiger partial charge in [-0.05, 0) is 36.2 Å². The van der Waals surface area contributed by atoms with Crippen LogP contribution in [0.4, 0.5) is 0 Å². The first-order valence-corrected chi connectivity index (χ1v) is 7.94. The molecule has 0 saturated heterocycles. The number of para-hydroxylation sites is 1. The van der Waals surface area contributed by atoms with Crippen molar-refractivity contribution in [2.24, 2.45) is 7.05 Å². The molecule has 112 valence electrons. The van der Waals surface area contributed by atoms with E-state index in [2.05, 4.69) is 97.4 Å². The smallest absolute Gasteiger partial charge is 0.0489 e. The van der Waals surface area contributed by atoms with Gasteiger partial charge in [0.05, 0.1) is 0 Å². The lowest BCUT2D eigenvalue weighted by Crippen LogP contribution is -1.85. The third-order valence-corrected chi connectivity index (χ3v) is 4.45. The Hall–Kier alpha value is -2.80. The Morgan fingerprint density at radius 2 is 1.43 bits per heavy atom. The second kappa shape index (κ2) is 5.44. The van der Waals surface area contributed by atoms with Crippen molar-refractivity contribution >= 4 is 34.0 Å². The Morgan fingerprint density at radius 3 is 2.26 bits per heavy atom. The molecule has 1 aromatic heterocycles. The molecule has 1 heterocycles. The van der Waals surface area contributed by atoms with Crippen LogP contribution in [0.3, 0.4) is 0 Å². The Labute approximate surface area is 136 Å². The molecule has 1 nitrogen and oxygen atoms in total. The highest BCUT2D eigenvalue weighted by Gasteiger charge is 2.07. The van der Waals surface area contributed by atoms with E-state index < -0.39 is 0 Å². The van der Waals surface area contributed by atoms with Crippen molar-refractivity contribution in [3.63, 3.8) is 0 Å². The van der Waals surface area contributed by atoms with Crippen LogP contribution in [-0.4, -0.2) is 4.57 Å². The predicted molar refractivity (Wildman–Crippen MR) is 101 cm³/mol. The summed E-state index contributed by atoms with van der Waals surface area (Å²) in [5.41, 5.74) is 6.32. The van der Waals surface area contributed by atoms with Crippen LogP contribution in [0.2, 0.25) is 0 Å². The lowest BCUT2D eigenvalue weighted by atomic mass is 10.1. The van der Waals surface area contributed by atoms with Crippen LogP contribution in [0.15, 0.2) is 66.7 Å². The molecule has 0 N–H and O–H groups in total. The van der Waals surface area contributed by atoms with Crippen LogP contribution < -0.4 is 0 Å². The van der Waals surface area contributed by atoms with E-state index >= 15 is 0 Å². The maximum atomic E-state index is 2.28. The van der Waals surface area contributed by atoms with Gasteiger partial charge in [-0.25, -0.2) is 0 Å². The van der Waals surface area contributed by atoms with Gasteiger partial charge in [0.2, 0.25) is 0 Å². The fourth-order valence-corrected chi connectivity index (χ4v) is 3.26. The van der Waals surface area contributed by atoms with Crippen molar-refractivity contribution in [3.05, 3.63) is 83.4 Å². The molecule has 3 aromatic carbocycles. The minimum Gasteiger partial charge on any atom is -0.344 e. The molecule has 0 bridgehead atoms. The Kier molecular flexibility index (Phi) is 3.27. The summed E-state index contributed by atoms with van der Waals surface area (Å²) in [6.07, 6.45) is 4.37. The van der Waals surface area contributed by atoms with Crippen molar-refractivity contribution in [1.82, 2.24) is 4.57 Å². The van der Waals surface area contributed by atoms with Gasteiger partial charge in [-0.2, -0.15) is 0 Å². The molecule has 23 heavy (non-hydrogen) atoms. The summed E-state index contributed by atoms with van der Waals surface area (Å²) in [5.74, 6) is 0. The first kappa shape index (κ1) is 13.8. The summed E-state index contributed by atoms with van der Waals surface area (Å²) in [6, 6.07) is 23.8. The van der Waals surface area contributed by atoms with Gasteiger partial charge in [0.1, 0.15) is 0 Å². The summed E-state index contributed by atoms with van der Waals surface area (Å²) in [6.45, 7) is 2.12. The van der Waals surface area contributed by atoms with Crippen LogP contribution in [0.5, 0.6) is 0 Å². The third kappa shape index (κ3) is 2.44. The SMILES string of the molecule is Cc1cccc(C=Cc2ccc3c(c2)c2ccccc2n3C)c1. The fraction of sp³-hybridized carbons (Fsp3) is 0.0909. The van der Waals surface area contributed by atoms with Gasteiger partial charge in [0.25, 0.3) is 0 Å². The number of nitrogens with zero attached hydrogens (tertiary/aromatic N) is 1. The van der Waals surface area contributed by atoms with Gasteiger partial charge in [0.15, 0.2) is 0 Å². The molecular weight excluding hydrogens is 278 g/mol. The lowest BCUT2D eigenvalue weighted by molar-refractivity contribution is 1.01. The van der Waals surface area contributed by atoms with E-state index in [4.69, 9.17) is 0 Å². The van der Waals surface area contributed by atoms with E-state index in [-0.39, 0.29) is 0 Å². The van der Waals surface area contributed by atoms with E-state index in [1.54, 1.807) is 0 Å². The highest BCUT2D eigenvalue weighted by atomic mass is 14.9. The largest absolute Gasteiger partial charge is 0.344 e. The Balaban J connectivity index is 1.81. The number of hydrogen-bond donors (Lipinski definition) is 0. The lowest BCUT2D eigenvalue weighted by Gasteiger charge is -1.99.